The van der Waals surface area contributed by atoms with E-state index in [-0.39, 0.29) is 5.56 Å². The SMILES string of the molecule is O=C(O)c1ccnc(-c2cc(C=Cc3ccc(Oc4ccc(N(c5ccccc5)c5ccccc5)cc4)cc3)ccn2)c1. The first-order chi connectivity index (χ1) is 21.1. The van der Waals surface area contributed by atoms with Crippen molar-refractivity contribution in [3.8, 4) is 22.9 Å². The number of aromatic nitrogens is 2. The molecule has 0 radical (unpaired) electrons. The summed E-state index contributed by atoms with van der Waals surface area (Å²) in [6, 6.07) is 43.2. The highest BCUT2D eigenvalue weighted by atomic mass is 16.5. The van der Waals surface area contributed by atoms with E-state index >= 15 is 0 Å². The Labute approximate surface area is 249 Å². The number of hydrogen-bond acceptors (Lipinski definition) is 5. The van der Waals surface area contributed by atoms with Crippen LogP contribution in [-0.2, 0) is 0 Å². The Hall–Kier alpha value is -6.01. The van der Waals surface area contributed by atoms with Gasteiger partial charge < -0.3 is 14.7 Å². The van der Waals surface area contributed by atoms with Gasteiger partial charge in [0, 0.05) is 29.5 Å². The van der Waals surface area contributed by atoms with Gasteiger partial charge in [0.05, 0.1) is 17.0 Å². The number of rotatable bonds is 9. The lowest BCUT2D eigenvalue weighted by molar-refractivity contribution is 0.0696. The van der Waals surface area contributed by atoms with Gasteiger partial charge in [-0.05, 0) is 96.1 Å². The minimum absolute atomic E-state index is 0.173. The number of ether oxygens (including phenoxy) is 1. The summed E-state index contributed by atoms with van der Waals surface area (Å²) in [5, 5.41) is 9.26. The fourth-order valence-electron chi connectivity index (χ4n) is 4.63. The van der Waals surface area contributed by atoms with Crippen molar-refractivity contribution < 1.29 is 14.6 Å². The van der Waals surface area contributed by atoms with Crippen LogP contribution in [-0.4, -0.2) is 21.0 Å². The normalized spacial score (nSPS) is 10.9. The number of carboxylic acids is 1. The van der Waals surface area contributed by atoms with Crippen LogP contribution in [0.5, 0.6) is 11.5 Å². The molecule has 2 heterocycles. The van der Waals surface area contributed by atoms with Crippen molar-refractivity contribution in [1.82, 2.24) is 9.97 Å². The Morgan fingerprint density at radius 1 is 0.581 bits per heavy atom. The summed E-state index contributed by atoms with van der Waals surface area (Å²) in [5.41, 5.74) is 6.42. The Morgan fingerprint density at radius 2 is 1.09 bits per heavy atom. The molecule has 0 aliphatic rings. The molecule has 0 atom stereocenters. The van der Waals surface area contributed by atoms with Crippen molar-refractivity contribution in [3.05, 3.63) is 163 Å². The van der Waals surface area contributed by atoms with Crippen molar-refractivity contribution in [2.45, 2.75) is 0 Å². The van der Waals surface area contributed by atoms with Gasteiger partial charge in [-0.3, -0.25) is 9.97 Å². The molecule has 6 heteroatoms. The van der Waals surface area contributed by atoms with Gasteiger partial charge in [0.1, 0.15) is 11.5 Å². The number of carbonyl (C=O) groups is 1. The summed E-state index contributed by atoms with van der Waals surface area (Å²) in [6.07, 6.45) is 7.14. The molecular weight excluding hydrogens is 534 g/mol. The maximum absolute atomic E-state index is 11.3. The van der Waals surface area contributed by atoms with E-state index in [0.717, 1.165) is 39.7 Å². The summed E-state index contributed by atoms with van der Waals surface area (Å²) in [4.78, 5) is 22.1. The van der Waals surface area contributed by atoms with Gasteiger partial charge in [-0.2, -0.15) is 0 Å². The smallest absolute Gasteiger partial charge is 0.335 e. The largest absolute Gasteiger partial charge is 0.478 e. The van der Waals surface area contributed by atoms with Gasteiger partial charge >= 0.3 is 5.97 Å². The molecule has 6 nitrogen and oxygen atoms in total. The summed E-state index contributed by atoms with van der Waals surface area (Å²) in [6.45, 7) is 0. The van der Waals surface area contributed by atoms with E-state index in [1.54, 1.807) is 6.20 Å². The zero-order chi connectivity index (χ0) is 29.4. The summed E-state index contributed by atoms with van der Waals surface area (Å²) in [5.74, 6) is 0.489. The molecule has 0 fully saturated rings. The molecule has 2 aromatic heterocycles. The molecule has 0 saturated heterocycles. The monoisotopic (exact) mass is 561 g/mol. The number of carboxylic acid groups (broad SMARTS) is 1. The fourth-order valence-corrected chi connectivity index (χ4v) is 4.63. The minimum Gasteiger partial charge on any atom is -0.478 e. The van der Waals surface area contributed by atoms with Gasteiger partial charge in [-0.1, -0.05) is 60.7 Å². The molecule has 43 heavy (non-hydrogen) atoms. The third-order valence-electron chi connectivity index (χ3n) is 6.76. The van der Waals surface area contributed by atoms with E-state index in [0.29, 0.717) is 11.4 Å². The highest BCUT2D eigenvalue weighted by Gasteiger charge is 2.12. The van der Waals surface area contributed by atoms with Crippen LogP contribution >= 0.6 is 0 Å². The zero-order valence-electron chi connectivity index (χ0n) is 23.1. The molecule has 208 valence electrons. The Bertz CT molecular complexity index is 1810. The fraction of sp³-hybridized carbons (Fsp3) is 0. The second kappa shape index (κ2) is 12.7. The quantitative estimate of drug-likeness (QED) is 0.190. The number of aromatic carboxylic acids is 1. The lowest BCUT2D eigenvalue weighted by Gasteiger charge is -2.25. The van der Waals surface area contributed by atoms with Crippen LogP contribution in [0.2, 0.25) is 0 Å². The molecule has 0 saturated carbocycles. The highest BCUT2D eigenvalue weighted by molar-refractivity contribution is 5.88. The predicted molar refractivity (Wildman–Crippen MR) is 171 cm³/mol. The van der Waals surface area contributed by atoms with Gasteiger partial charge in [0.15, 0.2) is 0 Å². The molecule has 0 unspecified atom stereocenters. The van der Waals surface area contributed by atoms with Crippen LogP contribution in [0, 0.1) is 0 Å². The van der Waals surface area contributed by atoms with Gasteiger partial charge in [-0.25, -0.2) is 4.79 Å². The number of para-hydroxylation sites is 2. The van der Waals surface area contributed by atoms with Crippen molar-refractivity contribution >= 4 is 35.2 Å². The third kappa shape index (κ3) is 6.66. The molecule has 6 aromatic rings. The molecule has 0 spiro atoms. The number of benzene rings is 4. The van der Waals surface area contributed by atoms with E-state index in [1.807, 2.05) is 97.1 Å². The van der Waals surface area contributed by atoms with Crippen molar-refractivity contribution in [3.63, 3.8) is 0 Å². The van der Waals surface area contributed by atoms with Crippen LogP contribution in [0.4, 0.5) is 17.1 Å². The number of pyridine rings is 2. The predicted octanol–water partition coefficient (Wildman–Crippen LogP) is 9.27. The molecule has 0 aliphatic heterocycles. The molecule has 0 amide bonds. The summed E-state index contributed by atoms with van der Waals surface area (Å²) < 4.78 is 6.13. The Kier molecular flexibility index (Phi) is 8.00. The molecule has 6 rings (SSSR count). The average molecular weight is 562 g/mol. The first-order valence-corrected chi connectivity index (χ1v) is 13.7. The summed E-state index contributed by atoms with van der Waals surface area (Å²) >= 11 is 0. The molecular formula is C37H27N3O3. The Morgan fingerprint density at radius 3 is 1.70 bits per heavy atom. The summed E-state index contributed by atoms with van der Waals surface area (Å²) in [7, 11) is 0. The van der Waals surface area contributed by atoms with Crippen molar-refractivity contribution in [2.24, 2.45) is 0 Å². The molecule has 0 aliphatic carbocycles. The lowest BCUT2D eigenvalue weighted by atomic mass is 10.1. The maximum atomic E-state index is 11.3. The van der Waals surface area contributed by atoms with Gasteiger partial charge in [-0.15, -0.1) is 0 Å². The number of hydrogen-bond donors (Lipinski definition) is 1. The molecule has 1 N–H and O–H groups in total. The van der Waals surface area contributed by atoms with Crippen LogP contribution < -0.4 is 9.64 Å². The zero-order valence-corrected chi connectivity index (χ0v) is 23.1. The average Bonchev–Trinajstić information content (AvgIpc) is 3.06. The van der Waals surface area contributed by atoms with Crippen molar-refractivity contribution in [2.75, 3.05) is 4.90 Å². The van der Waals surface area contributed by atoms with Crippen molar-refractivity contribution in [1.29, 1.82) is 0 Å². The Balaban J connectivity index is 1.13. The third-order valence-corrected chi connectivity index (χ3v) is 6.76. The van der Waals surface area contributed by atoms with Crippen LogP contribution in [0.3, 0.4) is 0 Å². The first kappa shape index (κ1) is 27.2. The lowest BCUT2D eigenvalue weighted by Crippen LogP contribution is -2.09. The second-order valence-electron chi connectivity index (χ2n) is 9.71. The van der Waals surface area contributed by atoms with E-state index in [2.05, 4.69) is 51.3 Å². The topological polar surface area (TPSA) is 75.6 Å². The molecule has 0 bridgehead atoms. The maximum Gasteiger partial charge on any atom is 0.335 e. The van der Waals surface area contributed by atoms with E-state index in [9.17, 15) is 9.90 Å². The van der Waals surface area contributed by atoms with Crippen LogP contribution in [0.1, 0.15) is 21.5 Å². The number of anilines is 3. The van der Waals surface area contributed by atoms with Crippen LogP contribution in [0.15, 0.2) is 146 Å². The standard InChI is InChI=1S/C37H27N3O3/c41-37(42)29-22-24-39-36(26-29)35-25-28(21-23-38-35)12-11-27-13-17-33(18-14-27)43-34-19-15-32(16-20-34)40(30-7-3-1-4-8-30)31-9-5-2-6-10-31/h1-26H,(H,41,42). The van der Waals surface area contributed by atoms with Crippen LogP contribution in [0.25, 0.3) is 23.5 Å². The number of nitrogens with zero attached hydrogens (tertiary/aromatic N) is 3. The van der Waals surface area contributed by atoms with Gasteiger partial charge in [0.25, 0.3) is 0 Å². The minimum atomic E-state index is -0.998. The van der Waals surface area contributed by atoms with E-state index in [1.165, 1.54) is 18.3 Å². The van der Waals surface area contributed by atoms with E-state index < -0.39 is 5.97 Å². The highest BCUT2D eigenvalue weighted by Crippen LogP contribution is 2.35. The first-order valence-electron chi connectivity index (χ1n) is 13.7. The second-order valence-corrected chi connectivity index (χ2v) is 9.71. The van der Waals surface area contributed by atoms with E-state index in [4.69, 9.17) is 4.74 Å². The van der Waals surface area contributed by atoms with Gasteiger partial charge in [0.2, 0.25) is 0 Å². The molecule has 4 aromatic carbocycles.